The summed E-state index contributed by atoms with van der Waals surface area (Å²) in [5.74, 6) is -1.45. The molecule has 11 heteroatoms. The fraction of sp³-hybridized carbons (Fsp3) is 0.515. The number of carbonyl (C=O) groups is 4. The van der Waals surface area contributed by atoms with Crippen molar-refractivity contribution in [2.45, 2.75) is 96.2 Å². The van der Waals surface area contributed by atoms with Crippen molar-refractivity contribution in [3.63, 3.8) is 0 Å². The summed E-state index contributed by atoms with van der Waals surface area (Å²) < 4.78 is 34.8. The first kappa shape index (κ1) is 31.8. The Morgan fingerprint density at radius 3 is 2.11 bits per heavy atom. The van der Waals surface area contributed by atoms with E-state index in [1.807, 2.05) is 6.07 Å². The Balaban J connectivity index is 1.60. The average Bonchev–Trinajstić information content (AvgIpc) is 3.81. The van der Waals surface area contributed by atoms with Gasteiger partial charge in [0.05, 0.1) is 11.6 Å². The van der Waals surface area contributed by atoms with Crippen molar-refractivity contribution in [2.75, 3.05) is 13.2 Å². The summed E-state index contributed by atoms with van der Waals surface area (Å²) in [5, 5.41) is 0.486. The van der Waals surface area contributed by atoms with Gasteiger partial charge in [0.25, 0.3) is 0 Å². The van der Waals surface area contributed by atoms with Crippen molar-refractivity contribution < 1.29 is 47.6 Å². The zero-order chi connectivity index (χ0) is 31.5. The van der Waals surface area contributed by atoms with Crippen LogP contribution in [-0.2, 0) is 55.7 Å². The molecule has 5 rings (SSSR count). The van der Waals surface area contributed by atoms with Crippen LogP contribution in [0.3, 0.4) is 0 Å². The molecule has 2 fully saturated rings. The van der Waals surface area contributed by atoms with Gasteiger partial charge in [-0.15, -0.1) is 0 Å². The second kappa shape index (κ2) is 13.6. The van der Waals surface area contributed by atoms with E-state index in [1.54, 1.807) is 0 Å². The van der Waals surface area contributed by atoms with E-state index in [9.17, 15) is 19.2 Å². The fourth-order valence-corrected chi connectivity index (χ4v) is 6.27. The SMILES string of the molecule is CC(=O)OCC1OC(c2cc(Cc3ccc(C4CC4)cc3)c(Cl)c3c2CCCO3)C(OC(C)=O)C(OC(C)=O)C1OC(C)=O. The van der Waals surface area contributed by atoms with Crippen molar-refractivity contribution in [1.82, 2.24) is 0 Å². The third kappa shape index (κ3) is 7.35. The van der Waals surface area contributed by atoms with Crippen LogP contribution < -0.4 is 4.74 Å². The van der Waals surface area contributed by atoms with Crippen LogP contribution >= 0.6 is 11.6 Å². The molecule has 236 valence electrons. The Kier molecular flexibility index (Phi) is 9.80. The van der Waals surface area contributed by atoms with Crippen molar-refractivity contribution in [1.29, 1.82) is 0 Å². The van der Waals surface area contributed by atoms with Gasteiger partial charge in [0.1, 0.15) is 24.6 Å². The maximum Gasteiger partial charge on any atom is 0.303 e. The zero-order valence-corrected chi connectivity index (χ0v) is 26.0. The molecule has 1 aliphatic carbocycles. The lowest BCUT2D eigenvalue weighted by atomic mass is 9.85. The molecule has 1 saturated carbocycles. The summed E-state index contributed by atoms with van der Waals surface area (Å²) in [6.07, 6.45) is -1.55. The van der Waals surface area contributed by atoms with E-state index in [4.69, 9.17) is 40.0 Å². The zero-order valence-electron chi connectivity index (χ0n) is 25.3. The van der Waals surface area contributed by atoms with Crippen LogP contribution in [-0.4, -0.2) is 61.5 Å². The summed E-state index contributed by atoms with van der Waals surface area (Å²) in [4.78, 5) is 48.7. The lowest BCUT2D eigenvalue weighted by Gasteiger charge is -2.45. The molecule has 44 heavy (non-hydrogen) atoms. The molecule has 2 aromatic carbocycles. The molecular formula is C33H37ClO10. The number of ether oxygens (including phenoxy) is 6. The predicted molar refractivity (Wildman–Crippen MR) is 157 cm³/mol. The first-order valence-corrected chi connectivity index (χ1v) is 15.3. The highest BCUT2D eigenvalue weighted by molar-refractivity contribution is 6.33. The Morgan fingerprint density at radius 1 is 0.864 bits per heavy atom. The van der Waals surface area contributed by atoms with Crippen LogP contribution in [0.2, 0.25) is 5.02 Å². The van der Waals surface area contributed by atoms with E-state index in [0.29, 0.717) is 48.1 Å². The molecule has 2 aromatic rings. The Morgan fingerprint density at radius 2 is 1.50 bits per heavy atom. The molecule has 0 aromatic heterocycles. The van der Waals surface area contributed by atoms with Crippen LogP contribution in [0.4, 0.5) is 0 Å². The predicted octanol–water partition coefficient (Wildman–Crippen LogP) is 4.93. The molecule has 5 unspecified atom stereocenters. The van der Waals surface area contributed by atoms with E-state index < -0.39 is 54.4 Å². The van der Waals surface area contributed by atoms with Gasteiger partial charge >= 0.3 is 23.9 Å². The second-order valence-corrected chi connectivity index (χ2v) is 11.9. The molecular weight excluding hydrogens is 592 g/mol. The topological polar surface area (TPSA) is 124 Å². The third-order valence-electron chi connectivity index (χ3n) is 7.97. The van der Waals surface area contributed by atoms with Crippen molar-refractivity contribution in [2.24, 2.45) is 0 Å². The number of esters is 4. The third-order valence-corrected chi connectivity index (χ3v) is 8.39. The number of carbonyl (C=O) groups excluding carboxylic acids is 4. The largest absolute Gasteiger partial charge is 0.492 e. The van der Waals surface area contributed by atoms with Gasteiger partial charge in [-0.3, -0.25) is 19.2 Å². The van der Waals surface area contributed by atoms with E-state index in [0.717, 1.165) is 16.7 Å². The van der Waals surface area contributed by atoms with E-state index in [2.05, 4.69) is 24.3 Å². The van der Waals surface area contributed by atoms with Crippen LogP contribution in [0.5, 0.6) is 5.75 Å². The second-order valence-electron chi connectivity index (χ2n) is 11.5. The number of halogens is 1. The molecule has 5 atom stereocenters. The minimum absolute atomic E-state index is 0.305. The maximum atomic E-state index is 12.4. The maximum absolute atomic E-state index is 12.4. The van der Waals surface area contributed by atoms with Crippen molar-refractivity contribution in [3.8, 4) is 5.75 Å². The van der Waals surface area contributed by atoms with Crippen LogP contribution in [0, 0.1) is 0 Å². The van der Waals surface area contributed by atoms with Crippen molar-refractivity contribution >= 4 is 35.5 Å². The van der Waals surface area contributed by atoms with E-state index in [-0.39, 0.29) is 6.61 Å². The Bertz CT molecular complexity index is 1420. The summed E-state index contributed by atoms with van der Waals surface area (Å²) >= 11 is 6.96. The van der Waals surface area contributed by atoms with Gasteiger partial charge in [0.2, 0.25) is 0 Å². The van der Waals surface area contributed by atoms with Crippen LogP contribution in [0.25, 0.3) is 0 Å². The van der Waals surface area contributed by atoms with Gasteiger partial charge in [-0.05, 0) is 60.3 Å². The molecule has 0 spiro atoms. The highest BCUT2D eigenvalue weighted by atomic mass is 35.5. The number of fused-ring (bicyclic) bond motifs is 1. The van der Waals surface area contributed by atoms with Crippen molar-refractivity contribution in [3.05, 3.63) is 63.2 Å². The standard InChI is InChI=1S/C33H37ClO10/c1-17(35)40-16-27-31(41-18(2)36)33(43-20(4)38)32(42-19(3)37)30(44-27)26-15-24(28(34)29-25(26)6-5-13-39-29)14-21-7-9-22(10-8-21)23-11-12-23/h7-10,15,23,27,30-33H,5-6,11-14,16H2,1-4H3. The van der Waals surface area contributed by atoms with E-state index in [1.165, 1.54) is 46.1 Å². The molecule has 0 N–H and O–H groups in total. The number of hydrogen-bond donors (Lipinski definition) is 0. The minimum atomic E-state index is -1.27. The van der Waals surface area contributed by atoms with Gasteiger partial charge < -0.3 is 28.4 Å². The monoisotopic (exact) mass is 628 g/mol. The minimum Gasteiger partial charge on any atom is -0.492 e. The molecule has 0 radical (unpaired) electrons. The molecule has 0 bridgehead atoms. The average molecular weight is 629 g/mol. The van der Waals surface area contributed by atoms with Gasteiger partial charge in [-0.1, -0.05) is 41.9 Å². The first-order valence-electron chi connectivity index (χ1n) is 14.9. The highest BCUT2D eigenvalue weighted by Crippen LogP contribution is 2.46. The number of benzene rings is 2. The smallest absolute Gasteiger partial charge is 0.303 e. The van der Waals surface area contributed by atoms with Gasteiger partial charge in [0, 0.05) is 33.3 Å². The molecule has 2 heterocycles. The quantitative estimate of drug-likeness (QED) is 0.279. The van der Waals surface area contributed by atoms with Gasteiger partial charge in [0.15, 0.2) is 18.3 Å². The lowest BCUT2D eigenvalue weighted by Crippen LogP contribution is -2.59. The number of hydrogen-bond acceptors (Lipinski definition) is 10. The van der Waals surface area contributed by atoms with E-state index >= 15 is 0 Å². The molecule has 2 aliphatic heterocycles. The summed E-state index contributed by atoms with van der Waals surface area (Å²) in [6.45, 7) is 5.03. The molecule has 3 aliphatic rings. The first-order chi connectivity index (χ1) is 21.0. The normalized spacial score (nSPS) is 24.3. The lowest BCUT2D eigenvalue weighted by molar-refractivity contribution is -0.254. The molecule has 0 amide bonds. The highest BCUT2D eigenvalue weighted by Gasteiger charge is 2.53. The Labute approximate surface area is 261 Å². The summed E-state index contributed by atoms with van der Waals surface area (Å²) in [5.41, 5.74) is 4.56. The van der Waals surface area contributed by atoms with Gasteiger partial charge in [-0.2, -0.15) is 0 Å². The Hall–Kier alpha value is -3.63. The summed E-state index contributed by atoms with van der Waals surface area (Å²) in [7, 11) is 0. The number of rotatable bonds is 9. The van der Waals surface area contributed by atoms with Gasteiger partial charge in [-0.25, -0.2) is 0 Å². The van der Waals surface area contributed by atoms with Crippen LogP contribution in [0.15, 0.2) is 30.3 Å². The molecule has 1 saturated heterocycles. The van der Waals surface area contributed by atoms with Crippen LogP contribution in [0.1, 0.15) is 86.8 Å². The fourth-order valence-electron chi connectivity index (χ4n) is 5.98. The molecule has 10 nitrogen and oxygen atoms in total. The summed E-state index contributed by atoms with van der Waals surface area (Å²) in [6, 6.07) is 10.4.